The van der Waals surface area contributed by atoms with E-state index in [2.05, 4.69) is 10.5 Å². The number of aromatic nitrogens is 1. The number of aryl methyl sites for hydroxylation is 1. The molecule has 0 bridgehead atoms. The zero-order valence-corrected chi connectivity index (χ0v) is 14.6. The molecule has 1 aromatic heterocycles. The first-order chi connectivity index (χ1) is 11.6. The Morgan fingerprint density at radius 1 is 1.25 bits per heavy atom. The van der Waals surface area contributed by atoms with Crippen LogP contribution in [-0.2, 0) is 16.1 Å². The highest BCUT2D eigenvalue weighted by atomic mass is 32.2. The number of carbonyl (C=O) groups is 2. The van der Waals surface area contributed by atoms with Gasteiger partial charge in [0.15, 0.2) is 5.82 Å². The Morgan fingerprint density at radius 3 is 2.62 bits per heavy atom. The lowest BCUT2D eigenvalue weighted by Crippen LogP contribution is -2.32. The van der Waals surface area contributed by atoms with Crippen LogP contribution in [0.5, 0.6) is 0 Å². The minimum absolute atomic E-state index is 0.0245. The minimum atomic E-state index is -0.202. The van der Waals surface area contributed by atoms with E-state index in [1.54, 1.807) is 17.9 Å². The molecule has 0 aliphatic rings. The van der Waals surface area contributed by atoms with E-state index in [1.165, 1.54) is 11.8 Å². The van der Waals surface area contributed by atoms with Crippen LogP contribution in [0.4, 0.5) is 5.82 Å². The highest BCUT2D eigenvalue weighted by Crippen LogP contribution is 2.10. The molecule has 0 radical (unpaired) electrons. The molecule has 2 rings (SSSR count). The van der Waals surface area contributed by atoms with E-state index in [-0.39, 0.29) is 23.3 Å². The summed E-state index contributed by atoms with van der Waals surface area (Å²) in [4.78, 5) is 25.8. The maximum absolute atomic E-state index is 12.3. The van der Waals surface area contributed by atoms with Gasteiger partial charge in [0.25, 0.3) is 0 Å². The molecule has 24 heavy (non-hydrogen) atoms. The predicted octanol–water partition coefficient (Wildman–Crippen LogP) is 2.70. The molecule has 1 heterocycles. The van der Waals surface area contributed by atoms with Gasteiger partial charge in [0.2, 0.25) is 11.8 Å². The molecular weight excluding hydrogens is 326 g/mol. The fourth-order valence-corrected chi connectivity index (χ4v) is 2.82. The van der Waals surface area contributed by atoms with Crippen LogP contribution in [0.1, 0.15) is 18.2 Å². The number of nitrogens with one attached hydrogen (secondary N) is 1. The highest BCUT2D eigenvalue weighted by molar-refractivity contribution is 8.00. The van der Waals surface area contributed by atoms with Crippen molar-refractivity contribution in [2.75, 3.05) is 23.4 Å². The summed E-state index contributed by atoms with van der Waals surface area (Å²) in [6.45, 7) is 4.92. The van der Waals surface area contributed by atoms with Gasteiger partial charge < -0.3 is 14.7 Å². The van der Waals surface area contributed by atoms with Crippen LogP contribution in [0.15, 0.2) is 40.9 Å². The number of carbonyl (C=O) groups excluding carboxylic acids is 2. The molecule has 0 fully saturated rings. The average Bonchev–Trinajstić information content (AvgIpc) is 2.98. The van der Waals surface area contributed by atoms with Crippen molar-refractivity contribution in [1.82, 2.24) is 10.1 Å². The third kappa shape index (κ3) is 5.73. The van der Waals surface area contributed by atoms with Gasteiger partial charge in [-0.05, 0) is 19.4 Å². The Balaban J connectivity index is 1.73. The maximum Gasteiger partial charge on any atom is 0.235 e. The Labute approximate surface area is 145 Å². The zero-order chi connectivity index (χ0) is 17.4. The Hall–Kier alpha value is -2.28. The Kier molecular flexibility index (Phi) is 6.87. The molecule has 0 atom stereocenters. The lowest BCUT2D eigenvalue weighted by Gasteiger charge is -2.20. The highest BCUT2D eigenvalue weighted by Gasteiger charge is 2.13. The zero-order valence-electron chi connectivity index (χ0n) is 13.8. The van der Waals surface area contributed by atoms with Gasteiger partial charge in [0.05, 0.1) is 11.5 Å². The van der Waals surface area contributed by atoms with Gasteiger partial charge in [-0.1, -0.05) is 35.5 Å². The molecule has 128 valence electrons. The molecule has 0 saturated heterocycles. The van der Waals surface area contributed by atoms with Crippen molar-refractivity contribution in [2.45, 2.75) is 20.4 Å². The first-order valence-electron chi connectivity index (χ1n) is 7.71. The number of thioether (sulfide) groups is 1. The van der Waals surface area contributed by atoms with Crippen LogP contribution < -0.4 is 5.32 Å². The molecule has 2 amide bonds. The lowest BCUT2D eigenvalue weighted by molar-refractivity contribution is -0.128. The summed E-state index contributed by atoms with van der Waals surface area (Å²) in [5.74, 6) is 1.31. The van der Waals surface area contributed by atoms with Crippen LogP contribution >= 0.6 is 11.8 Å². The van der Waals surface area contributed by atoms with Crippen molar-refractivity contribution in [3.63, 3.8) is 0 Å². The Bertz CT molecular complexity index is 673. The summed E-state index contributed by atoms with van der Waals surface area (Å²) >= 11 is 1.29. The van der Waals surface area contributed by atoms with Crippen LogP contribution in [0.2, 0.25) is 0 Å². The van der Waals surface area contributed by atoms with Crippen LogP contribution in [0.25, 0.3) is 0 Å². The summed E-state index contributed by atoms with van der Waals surface area (Å²) in [7, 11) is 0. The van der Waals surface area contributed by atoms with Gasteiger partial charge in [0.1, 0.15) is 5.76 Å². The van der Waals surface area contributed by atoms with Gasteiger partial charge in [-0.15, -0.1) is 11.8 Å². The molecule has 0 saturated carbocycles. The molecule has 0 aliphatic carbocycles. The number of nitrogens with zero attached hydrogens (tertiary/aromatic N) is 2. The fourth-order valence-electron chi connectivity index (χ4n) is 2.11. The van der Waals surface area contributed by atoms with Crippen LogP contribution in [-0.4, -0.2) is 39.9 Å². The van der Waals surface area contributed by atoms with Gasteiger partial charge in [-0.3, -0.25) is 9.59 Å². The molecule has 1 aromatic carbocycles. The van der Waals surface area contributed by atoms with E-state index in [0.29, 0.717) is 24.7 Å². The van der Waals surface area contributed by atoms with Crippen molar-refractivity contribution in [3.05, 3.63) is 47.7 Å². The molecule has 0 aliphatic heterocycles. The van der Waals surface area contributed by atoms with Gasteiger partial charge in [-0.2, -0.15) is 0 Å². The first-order valence-corrected chi connectivity index (χ1v) is 8.86. The predicted molar refractivity (Wildman–Crippen MR) is 94.7 cm³/mol. The quantitative estimate of drug-likeness (QED) is 0.794. The van der Waals surface area contributed by atoms with E-state index >= 15 is 0 Å². The second-order valence-corrected chi connectivity index (χ2v) is 6.24. The number of hydrogen-bond acceptors (Lipinski definition) is 5. The van der Waals surface area contributed by atoms with E-state index in [0.717, 1.165) is 5.56 Å². The third-order valence-corrected chi connectivity index (χ3v) is 4.22. The van der Waals surface area contributed by atoms with Crippen molar-refractivity contribution in [1.29, 1.82) is 0 Å². The van der Waals surface area contributed by atoms with Gasteiger partial charge in [0, 0.05) is 19.2 Å². The summed E-state index contributed by atoms with van der Waals surface area (Å²) in [5.41, 5.74) is 1.09. The standard InChI is InChI=1S/C17H21N3O3S/c1-3-20(10-14-7-5-4-6-8-14)17(22)12-24-11-16(21)18-15-9-13(2)23-19-15/h4-9H,3,10-12H2,1-2H3,(H,18,19,21). The Morgan fingerprint density at radius 2 is 2.00 bits per heavy atom. The van der Waals surface area contributed by atoms with E-state index in [1.807, 2.05) is 37.3 Å². The average molecular weight is 347 g/mol. The maximum atomic E-state index is 12.3. The van der Waals surface area contributed by atoms with E-state index < -0.39 is 0 Å². The second kappa shape index (κ2) is 9.12. The van der Waals surface area contributed by atoms with E-state index in [9.17, 15) is 9.59 Å². The molecule has 7 heteroatoms. The molecule has 0 unspecified atom stereocenters. The summed E-state index contributed by atoms with van der Waals surface area (Å²) in [6, 6.07) is 11.5. The smallest absolute Gasteiger partial charge is 0.235 e. The van der Waals surface area contributed by atoms with Crippen molar-refractivity contribution < 1.29 is 14.1 Å². The molecular formula is C17H21N3O3S. The normalized spacial score (nSPS) is 10.4. The number of benzene rings is 1. The largest absolute Gasteiger partial charge is 0.360 e. The van der Waals surface area contributed by atoms with Crippen molar-refractivity contribution in [3.8, 4) is 0 Å². The molecule has 2 aromatic rings. The summed E-state index contributed by atoms with van der Waals surface area (Å²) in [5, 5.41) is 6.33. The number of amides is 2. The minimum Gasteiger partial charge on any atom is -0.360 e. The van der Waals surface area contributed by atoms with Gasteiger partial charge in [-0.25, -0.2) is 0 Å². The lowest BCUT2D eigenvalue weighted by atomic mass is 10.2. The number of hydrogen-bond donors (Lipinski definition) is 1. The van der Waals surface area contributed by atoms with Crippen molar-refractivity contribution in [2.24, 2.45) is 0 Å². The fraction of sp³-hybridized carbons (Fsp3) is 0.353. The molecule has 0 spiro atoms. The monoisotopic (exact) mass is 347 g/mol. The topological polar surface area (TPSA) is 75.4 Å². The number of rotatable bonds is 8. The molecule has 1 N–H and O–H groups in total. The van der Waals surface area contributed by atoms with E-state index in [4.69, 9.17) is 4.52 Å². The van der Waals surface area contributed by atoms with Crippen LogP contribution in [0, 0.1) is 6.92 Å². The molecule has 6 nitrogen and oxygen atoms in total. The summed E-state index contributed by atoms with van der Waals surface area (Å²) < 4.78 is 4.88. The van der Waals surface area contributed by atoms with Gasteiger partial charge >= 0.3 is 0 Å². The van der Waals surface area contributed by atoms with Crippen LogP contribution in [0.3, 0.4) is 0 Å². The van der Waals surface area contributed by atoms with Crippen molar-refractivity contribution >= 4 is 29.4 Å². The number of anilines is 1. The first kappa shape index (κ1) is 18.1. The summed E-state index contributed by atoms with van der Waals surface area (Å²) in [6.07, 6.45) is 0. The second-order valence-electron chi connectivity index (χ2n) is 5.26. The SMILES string of the molecule is CCN(Cc1ccccc1)C(=O)CSCC(=O)Nc1cc(C)on1. The third-order valence-electron chi connectivity index (χ3n) is 3.30.